The molecule has 2 heterocycles. The highest BCUT2D eigenvalue weighted by molar-refractivity contribution is 5.97. The van der Waals surface area contributed by atoms with E-state index in [1.165, 1.54) is 18.3 Å². The standard InChI is InChI=1S/C22H23FN4O3/c1-22(29)8-10-27(11-9-22)21(28)26-18-13-24-20-17(30-2)7-6-16(19(20)25-18)14-4-3-5-15(23)12-14/h3-7,12-13,29H,8-11H2,1-2H3,(H,25,26,28). The Kier molecular flexibility index (Phi) is 5.26. The molecule has 1 fully saturated rings. The molecule has 4 rings (SSSR count). The van der Waals surface area contributed by atoms with Crippen molar-refractivity contribution in [3.63, 3.8) is 0 Å². The number of benzene rings is 2. The van der Waals surface area contributed by atoms with E-state index in [2.05, 4.69) is 15.3 Å². The monoisotopic (exact) mass is 410 g/mol. The van der Waals surface area contributed by atoms with Crippen LogP contribution in [-0.4, -0.2) is 51.8 Å². The molecule has 7 nitrogen and oxygen atoms in total. The molecule has 156 valence electrons. The van der Waals surface area contributed by atoms with Gasteiger partial charge in [0.25, 0.3) is 0 Å². The van der Waals surface area contributed by atoms with Gasteiger partial charge >= 0.3 is 6.03 Å². The Morgan fingerprint density at radius 1 is 1.23 bits per heavy atom. The summed E-state index contributed by atoms with van der Waals surface area (Å²) in [5, 5.41) is 12.8. The van der Waals surface area contributed by atoms with Gasteiger partial charge in [0.05, 0.1) is 18.9 Å². The van der Waals surface area contributed by atoms with Crippen LogP contribution < -0.4 is 10.1 Å². The van der Waals surface area contributed by atoms with E-state index < -0.39 is 5.60 Å². The third kappa shape index (κ3) is 4.04. The number of rotatable bonds is 3. The van der Waals surface area contributed by atoms with E-state index in [4.69, 9.17) is 4.74 Å². The Hall–Kier alpha value is -3.26. The third-order valence-electron chi connectivity index (χ3n) is 5.38. The van der Waals surface area contributed by atoms with Gasteiger partial charge in [0, 0.05) is 18.7 Å². The highest BCUT2D eigenvalue weighted by atomic mass is 19.1. The average Bonchev–Trinajstić information content (AvgIpc) is 2.72. The molecule has 0 aliphatic carbocycles. The van der Waals surface area contributed by atoms with E-state index in [1.54, 1.807) is 43.2 Å². The van der Waals surface area contributed by atoms with Crippen molar-refractivity contribution in [1.82, 2.24) is 14.9 Å². The molecule has 30 heavy (non-hydrogen) atoms. The molecule has 2 amide bonds. The largest absolute Gasteiger partial charge is 0.494 e. The Morgan fingerprint density at radius 2 is 2.00 bits per heavy atom. The molecule has 0 unspecified atom stereocenters. The van der Waals surface area contributed by atoms with E-state index >= 15 is 0 Å². The molecule has 2 N–H and O–H groups in total. The predicted molar refractivity (Wildman–Crippen MR) is 112 cm³/mol. The van der Waals surface area contributed by atoms with Crippen molar-refractivity contribution in [3.8, 4) is 16.9 Å². The van der Waals surface area contributed by atoms with Crippen molar-refractivity contribution in [2.75, 3.05) is 25.5 Å². The molecule has 8 heteroatoms. The van der Waals surface area contributed by atoms with Crippen LogP contribution in [0.5, 0.6) is 5.75 Å². The number of halogens is 1. The number of hydrogen-bond acceptors (Lipinski definition) is 5. The fourth-order valence-corrected chi connectivity index (χ4v) is 3.57. The lowest BCUT2D eigenvalue weighted by Gasteiger charge is -2.35. The number of amides is 2. The van der Waals surface area contributed by atoms with Gasteiger partial charge in [-0.25, -0.2) is 19.2 Å². The summed E-state index contributed by atoms with van der Waals surface area (Å²) in [6.45, 7) is 2.70. The molecule has 0 atom stereocenters. The average molecular weight is 410 g/mol. The number of piperidine rings is 1. The van der Waals surface area contributed by atoms with Crippen LogP contribution in [0.4, 0.5) is 15.0 Å². The molecule has 0 spiro atoms. The lowest BCUT2D eigenvalue weighted by Crippen LogP contribution is -2.46. The number of ether oxygens (including phenoxy) is 1. The number of carbonyl (C=O) groups excluding carboxylic acids is 1. The highest BCUT2D eigenvalue weighted by Crippen LogP contribution is 2.33. The fraction of sp³-hybridized carbons (Fsp3) is 0.318. The fourth-order valence-electron chi connectivity index (χ4n) is 3.57. The van der Waals surface area contributed by atoms with Crippen molar-refractivity contribution < 1.29 is 19.0 Å². The second kappa shape index (κ2) is 7.87. The summed E-state index contributed by atoms with van der Waals surface area (Å²) in [6.07, 6.45) is 2.51. The summed E-state index contributed by atoms with van der Waals surface area (Å²) in [5.41, 5.74) is 1.61. The van der Waals surface area contributed by atoms with Crippen LogP contribution in [0.25, 0.3) is 22.2 Å². The molecule has 3 aromatic rings. The number of nitrogens with one attached hydrogen (secondary N) is 1. The number of fused-ring (bicyclic) bond motifs is 1. The third-order valence-corrected chi connectivity index (χ3v) is 5.38. The van der Waals surface area contributed by atoms with Gasteiger partial charge in [0.1, 0.15) is 22.6 Å². The highest BCUT2D eigenvalue weighted by Gasteiger charge is 2.29. The number of anilines is 1. The molecular formula is C22H23FN4O3. The van der Waals surface area contributed by atoms with Gasteiger partial charge in [0.2, 0.25) is 0 Å². The number of nitrogens with zero attached hydrogens (tertiary/aromatic N) is 3. The Labute approximate surface area is 173 Å². The summed E-state index contributed by atoms with van der Waals surface area (Å²) >= 11 is 0. The van der Waals surface area contributed by atoms with Gasteiger partial charge in [-0.05, 0) is 49.6 Å². The molecule has 1 saturated heterocycles. The summed E-state index contributed by atoms with van der Waals surface area (Å²) in [5.74, 6) is 0.472. The number of methoxy groups -OCH3 is 1. The van der Waals surface area contributed by atoms with Crippen LogP contribution in [0, 0.1) is 5.82 Å². The smallest absolute Gasteiger partial charge is 0.323 e. The zero-order chi connectivity index (χ0) is 21.3. The van der Waals surface area contributed by atoms with Gasteiger partial charge in [0.15, 0.2) is 5.82 Å². The van der Waals surface area contributed by atoms with Gasteiger partial charge < -0.3 is 14.7 Å². The Bertz CT molecular complexity index is 1090. The van der Waals surface area contributed by atoms with E-state index in [1.807, 2.05) is 0 Å². The second-order valence-electron chi connectivity index (χ2n) is 7.69. The summed E-state index contributed by atoms with van der Waals surface area (Å²) in [7, 11) is 1.54. The van der Waals surface area contributed by atoms with Gasteiger partial charge in [-0.2, -0.15) is 0 Å². The number of likely N-dealkylation sites (tertiary alicyclic amines) is 1. The predicted octanol–water partition coefficient (Wildman–Crippen LogP) is 3.82. The second-order valence-corrected chi connectivity index (χ2v) is 7.69. The number of aliphatic hydroxyl groups is 1. The van der Waals surface area contributed by atoms with Crippen LogP contribution >= 0.6 is 0 Å². The molecule has 0 bridgehead atoms. The first kappa shape index (κ1) is 20.0. The molecule has 2 aromatic carbocycles. The maximum absolute atomic E-state index is 13.8. The van der Waals surface area contributed by atoms with Crippen molar-refractivity contribution in [3.05, 3.63) is 48.4 Å². The minimum Gasteiger partial charge on any atom is -0.494 e. The molecule has 1 aliphatic heterocycles. The Morgan fingerprint density at radius 3 is 2.70 bits per heavy atom. The van der Waals surface area contributed by atoms with Crippen molar-refractivity contribution in [1.29, 1.82) is 0 Å². The lowest BCUT2D eigenvalue weighted by molar-refractivity contribution is 0.00569. The summed E-state index contributed by atoms with van der Waals surface area (Å²) in [6, 6.07) is 9.48. The van der Waals surface area contributed by atoms with Crippen LogP contribution in [0.15, 0.2) is 42.6 Å². The van der Waals surface area contributed by atoms with Crippen LogP contribution in [0.3, 0.4) is 0 Å². The van der Waals surface area contributed by atoms with Crippen LogP contribution in [0.1, 0.15) is 19.8 Å². The van der Waals surface area contributed by atoms with Crippen molar-refractivity contribution in [2.24, 2.45) is 0 Å². The number of aromatic nitrogens is 2. The normalized spacial score (nSPS) is 15.8. The van der Waals surface area contributed by atoms with Crippen molar-refractivity contribution >= 4 is 22.9 Å². The van der Waals surface area contributed by atoms with Crippen molar-refractivity contribution in [2.45, 2.75) is 25.4 Å². The molecule has 0 saturated carbocycles. The first-order chi connectivity index (χ1) is 14.4. The molecule has 0 radical (unpaired) electrons. The maximum atomic E-state index is 13.8. The van der Waals surface area contributed by atoms with Gasteiger partial charge in [-0.1, -0.05) is 12.1 Å². The van der Waals surface area contributed by atoms with E-state index in [0.717, 1.165) is 0 Å². The number of carbonyl (C=O) groups is 1. The van der Waals surface area contributed by atoms with Gasteiger partial charge in [-0.3, -0.25) is 5.32 Å². The number of urea groups is 1. The van der Waals surface area contributed by atoms with Crippen LogP contribution in [-0.2, 0) is 0 Å². The topological polar surface area (TPSA) is 87.6 Å². The SMILES string of the molecule is COc1ccc(-c2cccc(F)c2)c2nc(NC(=O)N3CCC(C)(O)CC3)cnc12. The quantitative estimate of drug-likeness (QED) is 0.685. The maximum Gasteiger partial charge on any atom is 0.323 e. The molecule has 1 aliphatic rings. The van der Waals surface area contributed by atoms with E-state index in [9.17, 15) is 14.3 Å². The minimum absolute atomic E-state index is 0.288. The first-order valence-corrected chi connectivity index (χ1v) is 9.74. The molecule has 1 aromatic heterocycles. The summed E-state index contributed by atoms with van der Waals surface area (Å²) in [4.78, 5) is 23.3. The zero-order valence-corrected chi connectivity index (χ0v) is 16.9. The minimum atomic E-state index is -0.740. The van der Waals surface area contributed by atoms with Gasteiger partial charge in [-0.15, -0.1) is 0 Å². The van der Waals surface area contributed by atoms with Crippen LogP contribution in [0.2, 0.25) is 0 Å². The first-order valence-electron chi connectivity index (χ1n) is 9.74. The molecular weight excluding hydrogens is 387 g/mol. The zero-order valence-electron chi connectivity index (χ0n) is 16.9. The Balaban J connectivity index is 1.67. The number of hydrogen-bond donors (Lipinski definition) is 2. The lowest BCUT2D eigenvalue weighted by atomic mass is 9.94. The van der Waals surface area contributed by atoms with E-state index in [0.29, 0.717) is 53.8 Å². The summed E-state index contributed by atoms with van der Waals surface area (Å²) < 4.78 is 19.2. The van der Waals surface area contributed by atoms with E-state index in [-0.39, 0.29) is 17.7 Å².